The maximum Gasteiger partial charge on any atom is 0.325 e. The van der Waals surface area contributed by atoms with Crippen molar-refractivity contribution < 1.29 is 22.7 Å². The van der Waals surface area contributed by atoms with E-state index in [2.05, 4.69) is 10.1 Å². The molecule has 0 bridgehead atoms. The molecule has 7 nitrogen and oxygen atoms in total. The molecule has 9 heteroatoms. The Kier molecular flexibility index (Phi) is 7.03. The Hall–Kier alpha value is -1.84. The van der Waals surface area contributed by atoms with Crippen LogP contribution in [0.5, 0.6) is 0 Å². The minimum absolute atomic E-state index is 0.0324. The number of hydrogen-bond acceptors (Lipinski definition) is 6. The number of nitrogens with zero attached hydrogens (tertiary/aromatic N) is 1. The van der Waals surface area contributed by atoms with Crippen LogP contribution in [-0.2, 0) is 24.3 Å². The van der Waals surface area contributed by atoms with E-state index in [0.717, 1.165) is 9.87 Å². The first-order valence-corrected chi connectivity index (χ1v) is 10.4. The predicted molar refractivity (Wildman–Crippen MR) is 97.2 cm³/mol. The number of hydrogen-bond donors (Lipinski definition) is 1. The van der Waals surface area contributed by atoms with Crippen LogP contribution in [0.4, 0.5) is 0 Å². The Balaban J connectivity index is 1.84. The number of esters is 1. The highest BCUT2D eigenvalue weighted by Gasteiger charge is 2.39. The van der Waals surface area contributed by atoms with Gasteiger partial charge >= 0.3 is 5.97 Å². The minimum Gasteiger partial charge on any atom is -0.468 e. The molecular formula is C16H20N2O5S2. The van der Waals surface area contributed by atoms with Crippen molar-refractivity contribution in [3.05, 3.63) is 42.0 Å². The highest BCUT2D eigenvalue weighted by molar-refractivity contribution is 8.00. The number of rotatable bonds is 7. The highest BCUT2D eigenvalue weighted by Crippen LogP contribution is 2.25. The quantitative estimate of drug-likeness (QED) is 0.549. The Morgan fingerprint density at radius 1 is 1.36 bits per heavy atom. The molecule has 0 aliphatic carbocycles. The van der Waals surface area contributed by atoms with E-state index < -0.39 is 22.0 Å². The van der Waals surface area contributed by atoms with E-state index in [1.165, 1.54) is 24.9 Å². The average molecular weight is 384 g/mol. The van der Waals surface area contributed by atoms with E-state index >= 15 is 0 Å². The number of ether oxygens (including phenoxy) is 1. The molecule has 1 atom stereocenters. The number of benzene rings is 1. The number of carbonyl (C=O) groups excluding carboxylic acids is 2. The molecule has 1 aliphatic heterocycles. The van der Waals surface area contributed by atoms with Gasteiger partial charge in [0.15, 0.2) is 0 Å². The van der Waals surface area contributed by atoms with Gasteiger partial charge in [-0.1, -0.05) is 30.3 Å². The lowest BCUT2D eigenvalue weighted by molar-refractivity contribution is -0.143. The third kappa shape index (κ3) is 5.58. The Bertz CT molecular complexity index is 734. The van der Waals surface area contributed by atoms with Gasteiger partial charge in [-0.2, -0.15) is 4.31 Å². The smallest absolute Gasteiger partial charge is 0.325 e. The van der Waals surface area contributed by atoms with Crippen LogP contribution >= 0.6 is 11.8 Å². The molecule has 25 heavy (non-hydrogen) atoms. The fourth-order valence-corrected chi connectivity index (χ4v) is 5.35. The summed E-state index contributed by atoms with van der Waals surface area (Å²) < 4.78 is 30.5. The molecule has 1 heterocycles. The lowest BCUT2D eigenvalue weighted by Gasteiger charge is -2.21. The lowest BCUT2D eigenvalue weighted by Crippen LogP contribution is -2.45. The molecule has 1 fully saturated rings. The number of thioether (sulfide) groups is 1. The predicted octanol–water partition coefficient (Wildman–Crippen LogP) is 0.694. The SMILES string of the molecule is COC(=O)C1CSCN1S(=O)(=O)CCNC(=O)/C=C/c1ccccc1. The molecule has 2 rings (SSSR count). The molecule has 1 aromatic rings. The molecule has 0 saturated carbocycles. The molecule has 1 N–H and O–H groups in total. The largest absolute Gasteiger partial charge is 0.468 e. The topological polar surface area (TPSA) is 92.8 Å². The van der Waals surface area contributed by atoms with Crippen molar-refractivity contribution in [1.29, 1.82) is 0 Å². The summed E-state index contributed by atoms with van der Waals surface area (Å²) in [6.45, 7) is -0.0324. The summed E-state index contributed by atoms with van der Waals surface area (Å²) in [5.74, 6) is -0.628. The summed E-state index contributed by atoms with van der Waals surface area (Å²) in [4.78, 5) is 23.4. The first kappa shape index (κ1) is 19.5. The Morgan fingerprint density at radius 2 is 2.08 bits per heavy atom. The maximum atomic E-state index is 12.4. The van der Waals surface area contributed by atoms with Gasteiger partial charge in [0.2, 0.25) is 15.9 Å². The fraction of sp³-hybridized carbons (Fsp3) is 0.375. The van der Waals surface area contributed by atoms with E-state index in [-0.39, 0.29) is 24.1 Å². The minimum atomic E-state index is -3.65. The second-order valence-corrected chi connectivity index (χ2v) is 8.32. The molecule has 1 unspecified atom stereocenters. The van der Waals surface area contributed by atoms with Gasteiger partial charge in [-0.25, -0.2) is 8.42 Å². The van der Waals surface area contributed by atoms with Gasteiger partial charge in [-0.3, -0.25) is 9.59 Å². The monoisotopic (exact) mass is 384 g/mol. The maximum absolute atomic E-state index is 12.4. The van der Waals surface area contributed by atoms with Crippen molar-refractivity contribution in [1.82, 2.24) is 9.62 Å². The molecular weight excluding hydrogens is 364 g/mol. The zero-order valence-corrected chi connectivity index (χ0v) is 15.4. The standard InChI is InChI=1S/C16H20N2O5S2/c1-23-16(20)14-11-24-12-18(14)25(21,22)10-9-17-15(19)8-7-13-5-3-2-4-6-13/h2-8,14H,9-12H2,1H3,(H,17,19)/b8-7+. The van der Waals surface area contributed by atoms with Gasteiger partial charge in [0.05, 0.1) is 18.7 Å². The fourth-order valence-electron chi connectivity index (χ4n) is 2.24. The molecule has 0 radical (unpaired) electrons. The number of nitrogens with one attached hydrogen (secondary N) is 1. The number of methoxy groups -OCH3 is 1. The van der Waals surface area contributed by atoms with Crippen molar-refractivity contribution in [2.75, 3.05) is 31.0 Å². The van der Waals surface area contributed by atoms with Crippen molar-refractivity contribution in [3.63, 3.8) is 0 Å². The second-order valence-electron chi connectivity index (χ2n) is 5.28. The van der Waals surface area contributed by atoms with Crippen molar-refractivity contribution in [2.45, 2.75) is 6.04 Å². The van der Waals surface area contributed by atoms with E-state index in [1.807, 2.05) is 30.3 Å². The molecule has 0 spiro atoms. The third-order valence-electron chi connectivity index (χ3n) is 3.56. The van der Waals surface area contributed by atoms with Gasteiger partial charge in [0, 0.05) is 18.4 Å². The zero-order valence-electron chi connectivity index (χ0n) is 13.8. The van der Waals surface area contributed by atoms with Crippen molar-refractivity contribution in [3.8, 4) is 0 Å². The second kappa shape index (κ2) is 9.02. The van der Waals surface area contributed by atoms with Gasteiger partial charge in [0.1, 0.15) is 6.04 Å². The number of amides is 1. The Morgan fingerprint density at radius 3 is 2.76 bits per heavy atom. The summed E-state index contributed by atoms with van der Waals surface area (Å²) in [6.07, 6.45) is 3.00. The summed E-state index contributed by atoms with van der Waals surface area (Å²) in [7, 11) is -2.42. The third-order valence-corrected chi connectivity index (χ3v) is 6.55. The normalized spacial score (nSPS) is 18.4. The van der Waals surface area contributed by atoms with E-state index in [9.17, 15) is 18.0 Å². The number of carbonyl (C=O) groups is 2. The molecule has 1 amide bonds. The average Bonchev–Trinajstić information content (AvgIpc) is 3.11. The first-order valence-electron chi connectivity index (χ1n) is 7.60. The van der Waals surface area contributed by atoms with Gasteiger partial charge in [0.25, 0.3) is 0 Å². The summed E-state index contributed by atoms with van der Waals surface area (Å²) >= 11 is 1.35. The lowest BCUT2D eigenvalue weighted by atomic mass is 10.2. The van der Waals surface area contributed by atoms with E-state index in [4.69, 9.17) is 0 Å². The van der Waals surface area contributed by atoms with Crippen LogP contribution in [0.15, 0.2) is 36.4 Å². The molecule has 0 aromatic heterocycles. The molecule has 1 aromatic carbocycles. The van der Waals surface area contributed by atoms with Crippen LogP contribution in [0, 0.1) is 0 Å². The van der Waals surface area contributed by atoms with Gasteiger partial charge in [-0.05, 0) is 11.6 Å². The van der Waals surface area contributed by atoms with Crippen LogP contribution < -0.4 is 5.32 Å². The van der Waals surface area contributed by atoms with Crippen molar-refractivity contribution in [2.24, 2.45) is 0 Å². The van der Waals surface area contributed by atoms with Gasteiger partial charge in [-0.15, -0.1) is 11.8 Å². The van der Waals surface area contributed by atoms with Crippen molar-refractivity contribution >= 4 is 39.7 Å². The van der Waals surface area contributed by atoms with Crippen LogP contribution in [-0.4, -0.2) is 61.7 Å². The highest BCUT2D eigenvalue weighted by atomic mass is 32.2. The van der Waals surface area contributed by atoms with Crippen LogP contribution in [0.2, 0.25) is 0 Å². The summed E-state index contributed by atoms with van der Waals surface area (Å²) in [6, 6.07) is 8.50. The molecule has 1 saturated heterocycles. The zero-order chi connectivity index (χ0) is 18.3. The van der Waals surface area contributed by atoms with E-state index in [0.29, 0.717) is 5.75 Å². The number of sulfonamides is 1. The van der Waals surface area contributed by atoms with Crippen LogP contribution in [0.1, 0.15) is 5.56 Å². The van der Waals surface area contributed by atoms with Gasteiger partial charge < -0.3 is 10.1 Å². The summed E-state index contributed by atoms with van der Waals surface area (Å²) in [5, 5.41) is 2.54. The summed E-state index contributed by atoms with van der Waals surface area (Å²) in [5.41, 5.74) is 0.875. The van der Waals surface area contributed by atoms with Crippen LogP contribution in [0.25, 0.3) is 6.08 Å². The molecule has 1 aliphatic rings. The first-order chi connectivity index (χ1) is 11.9. The Labute approximate surface area is 151 Å². The van der Waals surface area contributed by atoms with Crippen LogP contribution in [0.3, 0.4) is 0 Å². The molecule has 136 valence electrons. The van der Waals surface area contributed by atoms with E-state index in [1.54, 1.807) is 6.08 Å².